The van der Waals surface area contributed by atoms with Gasteiger partial charge in [-0.15, -0.1) is 6.42 Å². The SMILES string of the molecule is C#CC(C)Oc1cccc(NCCC)n1. The largest absolute Gasteiger partial charge is 0.461 e. The number of aromatic nitrogens is 1. The molecule has 1 aromatic rings. The summed E-state index contributed by atoms with van der Waals surface area (Å²) in [6, 6.07) is 5.59. The minimum absolute atomic E-state index is 0.251. The van der Waals surface area contributed by atoms with Gasteiger partial charge in [0.05, 0.1) is 0 Å². The van der Waals surface area contributed by atoms with E-state index in [1.165, 1.54) is 0 Å². The molecule has 15 heavy (non-hydrogen) atoms. The van der Waals surface area contributed by atoms with Gasteiger partial charge in [-0.05, 0) is 19.4 Å². The molecule has 1 aromatic heterocycles. The highest BCUT2D eigenvalue weighted by atomic mass is 16.5. The Balaban J connectivity index is 2.62. The van der Waals surface area contributed by atoms with E-state index >= 15 is 0 Å². The van der Waals surface area contributed by atoms with Crippen LogP contribution < -0.4 is 10.1 Å². The summed E-state index contributed by atoms with van der Waals surface area (Å²) in [5.41, 5.74) is 0. The molecule has 0 amide bonds. The fraction of sp³-hybridized carbons (Fsp3) is 0.417. The van der Waals surface area contributed by atoms with E-state index in [0.717, 1.165) is 18.8 Å². The zero-order valence-corrected chi connectivity index (χ0v) is 9.16. The predicted octanol–water partition coefficient (Wildman–Crippen LogP) is 2.30. The van der Waals surface area contributed by atoms with Crippen LogP contribution in [0.5, 0.6) is 5.88 Å². The van der Waals surface area contributed by atoms with Crippen molar-refractivity contribution in [3.8, 4) is 18.2 Å². The van der Waals surface area contributed by atoms with E-state index in [1.807, 2.05) is 19.1 Å². The first-order valence-corrected chi connectivity index (χ1v) is 5.10. The Morgan fingerprint density at radius 2 is 2.40 bits per heavy atom. The van der Waals surface area contributed by atoms with Gasteiger partial charge in [-0.25, -0.2) is 0 Å². The maximum atomic E-state index is 5.40. The van der Waals surface area contributed by atoms with Crippen molar-refractivity contribution in [1.29, 1.82) is 0 Å². The molecule has 3 nitrogen and oxygen atoms in total. The number of hydrogen-bond acceptors (Lipinski definition) is 3. The highest BCUT2D eigenvalue weighted by Gasteiger charge is 2.01. The molecule has 0 saturated heterocycles. The van der Waals surface area contributed by atoms with Gasteiger partial charge in [0.25, 0.3) is 0 Å². The Labute approximate surface area is 90.9 Å². The molecule has 1 rings (SSSR count). The summed E-state index contributed by atoms with van der Waals surface area (Å²) >= 11 is 0. The van der Waals surface area contributed by atoms with Crippen molar-refractivity contribution in [2.24, 2.45) is 0 Å². The molecule has 0 radical (unpaired) electrons. The standard InChI is InChI=1S/C12H16N2O/c1-4-9-13-11-7-6-8-12(14-11)15-10(3)5-2/h2,6-8,10H,4,9H2,1,3H3,(H,13,14). The lowest BCUT2D eigenvalue weighted by Crippen LogP contribution is -2.10. The summed E-state index contributed by atoms with van der Waals surface area (Å²) in [6.45, 7) is 4.82. The van der Waals surface area contributed by atoms with Gasteiger partial charge in [-0.1, -0.05) is 18.9 Å². The molecule has 0 aliphatic carbocycles. The normalized spacial score (nSPS) is 11.5. The van der Waals surface area contributed by atoms with Crippen LogP contribution in [0.25, 0.3) is 0 Å². The first-order valence-electron chi connectivity index (χ1n) is 5.10. The molecule has 1 unspecified atom stereocenters. The van der Waals surface area contributed by atoms with Crippen molar-refractivity contribution in [2.45, 2.75) is 26.4 Å². The first kappa shape index (κ1) is 11.4. The van der Waals surface area contributed by atoms with Gasteiger partial charge < -0.3 is 10.1 Å². The summed E-state index contributed by atoms with van der Waals surface area (Å²) in [7, 11) is 0. The number of rotatable bonds is 5. The molecule has 1 atom stereocenters. The van der Waals surface area contributed by atoms with Crippen LogP contribution in [0.3, 0.4) is 0 Å². The number of terminal acetylenes is 1. The Bertz CT molecular complexity index is 344. The van der Waals surface area contributed by atoms with Crippen LogP contribution in [0, 0.1) is 12.3 Å². The van der Waals surface area contributed by atoms with Crippen molar-refractivity contribution >= 4 is 5.82 Å². The Morgan fingerprint density at radius 3 is 3.07 bits per heavy atom. The summed E-state index contributed by atoms with van der Waals surface area (Å²) in [4.78, 5) is 4.27. The molecule has 0 bridgehead atoms. The van der Waals surface area contributed by atoms with Crippen molar-refractivity contribution in [1.82, 2.24) is 4.98 Å². The van der Waals surface area contributed by atoms with E-state index in [1.54, 1.807) is 6.07 Å². The van der Waals surface area contributed by atoms with Crippen LogP contribution in [0.15, 0.2) is 18.2 Å². The first-order chi connectivity index (χ1) is 7.26. The van der Waals surface area contributed by atoms with E-state index in [4.69, 9.17) is 11.2 Å². The number of pyridine rings is 1. The second-order valence-corrected chi connectivity index (χ2v) is 3.21. The molecule has 3 heteroatoms. The third-order valence-electron chi connectivity index (χ3n) is 1.81. The van der Waals surface area contributed by atoms with Crippen molar-refractivity contribution in [3.63, 3.8) is 0 Å². The second kappa shape index (κ2) is 5.92. The lowest BCUT2D eigenvalue weighted by molar-refractivity contribution is 0.268. The quantitative estimate of drug-likeness (QED) is 0.747. The van der Waals surface area contributed by atoms with Crippen LogP contribution >= 0.6 is 0 Å². The van der Waals surface area contributed by atoms with Crippen LogP contribution in [0.4, 0.5) is 5.82 Å². The molecule has 1 N–H and O–H groups in total. The monoisotopic (exact) mass is 204 g/mol. The van der Waals surface area contributed by atoms with Crippen LogP contribution in [0.1, 0.15) is 20.3 Å². The number of ether oxygens (including phenoxy) is 1. The van der Waals surface area contributed by atoms with E-state index in [2.05, 4.69) is 23.1 Å². The molecule has 80 valence electrons. The number of nitrogens with one attached hydrogen (secondary N) is 1. The number of hydrogen-bond donors (Lipinski definition) is 1. The van der Waals surface area contributed by atoms with Crippen molar-refractivity contribution < 1.29 is 4.74 Å². The van der Waals surface area contributed by atoms with Crippen LogP contribution in [-0.2, 0) is 0 Å². The minimum Gasteiger partial charge on any atom is -0.461 e. The van der Waals surface area contributed by atoms with E-state index in [-0.39, 0.29) is 6.10 Å². The fourth-order valence-corrected chi connectivity index (χ4v) is 1.05. The molecule has 0 aromatic carbocycles. The summed E-state index contributed by atoms with van der Waals surface area (Å²) in [6.07, 6.45) is 6.03. The summed E-state index contributed by atoms with van der Waals surface area (Å²) in [5.74, 6) is 3.87. The van der Waals surface area contributed by atoms with E-state index in [9.17, 15) is 0 Å². The summed E-state index contributed by atoms with van der Waals surface area (Å²) in [5, 5.41) is 3.18. The zero-order chi connectivity index (χ0) is 11.1. The molecule has 1 heterocycles. The van der Waals surface area contributed by atoms with Gasteiger partial charge in [-0.3, -0.25) is 0 Å². The van der Waals surface area contributed by atoms with E-state index < -0.39 is 0 Å². The molecule has 0 saturated carbocycles. The number of anilines is 1. The lowest BCUT2D eigenvalue weighted by Gasteiger charge is -2.09. The van der Waals surface area contributed by atoms with E-state index in [0.29, 0.717) is 5.88 Å². The minimum atomic E-state index is -0.251. The average molecular weight is 204 g/mol. The van der Waals surface area contributed by atoms with Gasteiger partial charge in [0, 0.05) is 12.6 Å². The topological polar surface area (TPSA) is 34.1 Å². The molecule has 0 aliphatic heterocycles. The zero-order valence-electron chi connectivity index (χ0n) is 9.16. The molecule has 0 fully saturated rings. The van der Waals surface area contributed by atoms with Crippen molar-refractivity contribution in [3.05, 3.63) is 18.2 Å². The second-order valence-electron chi connectivity index (χ2n) is 3.21. The maximum Gasteiger partial charge on any atom is 0.216 e. The third-order valence-corrected chi connectivity index (χ3v) is 1.81. The Morgan fingerprint density at radius 1 is 1.60 bits per heavy atom. The molecular weight excluding hydrogens is 188 g/mol. The molecular formula is C12H16N2O. The summed E-state index contributed by atoms with van der Waals surface area (Å²) < 4.78 is 5.40. The smallest absolute Gasteiger partial charge is 0.216 e. The van der Waals surface area contributed by atoms with Gasteiger partial charge in [0.15, 0.2) is 6.10 Å². The van der Waals surface area contributed by atoms with Gasteiger partial charge >= 0.3 is 0 Å². The third kappa shape index (κ3) is 3.90. The van der Waals surface area contributed by atoms with Crippen LogP contribution in [-0.4, -0.2) is 17.6 Å². The fourth-order valence-electron chi connectivity index (χ4n) is 1.05. The van der Waals surface area contributed by atoms with Gasteiger partial charge in [0.2, 0.25) is 5.88 Å². The van der Waals surface area contributed by atoms with Gasteiger partial charge in [0.1, 0.15) is 5.82 Å². The highest BCUT2D eigenvalue weighted by Crippen LogP contribution is 2.12. The Hall–Kier alpha value is -1.69. The lowest BCUT2D eigenvalue weighted by atomic mass is 10.4. The number of nitrogens with zero attached hydrogens (tertiary/aromatic N) is 1. The molecule has 0 aliphatic rings. The Kier molecular flexibility index (Phi) is 4.49. The predicted molar refractivity (Wildman–Crippen MR) is 61.9 cm³/mol. The highest BCUT2D eigenvalue weighted by molar-refractivity contribution is 5.37. The maximum absolute atomic E-state index is 5.40. The average Bonchev–Trinajstić information content (AvgIpc) is 2.26. The van der Waals surface area contributed by atoms with Crippen molar-refractivity contribution in [2.75, 3.05) is 11.9 Å². The van der Waals surface area contributed by atoms with Crippen LogP contribution in [0.2, 0.25) is 0 Å². The van der Waals surface area contributed by atoms with Gasteiger partial charge in [-0.2, -0.15) is 4.98 Å². The molecule has 0 spiro atoms.